The quantitative estimate of drug-likeness (QED) is 0.0798. The predicted octanol–water partition coefficient (Wildman–Crippen LogP) is 7.85. The summed E-state index contributed by atoms with van der Waals surface area (Å²) in [4.78, 5) is 73.4. The Bertz CT molecular complexity index is 2690. The molecule has 8 rings (SSSR count). The molecular formula is C48H52N8O8. The van der Waals surface area contributed by atoms with Gasteiger partial charge in [0.15, 0.2) is 11.5 Å². The molecule has 16 nitrogen and oxygen atoms in total. The number of fused-ring (bicyclic) bond motifs is 1. The van der Waals surface area contributed by atoms with Crippen LogP contribution >= 0.6 is 0 Å². The summed E-state index contributed by atoms with van der Waals surface area (Å²) in [7, 11) is 3.98. The summed E-state index contributed by atoms with van der Waals surface area (Å²) < 4.78 is 9.69. The van der Waals surface area contributed by atoms with Crippen LogP contribution < -0.4 is 5.32 Å². The number of aromatic amines is 2. The van der Waals surface area contributed by atoms with Crippen molar-refractivity contribution in [3.8, 4) is 45.1 Å². The van der Waals surface area contributed by atoms with Gasteiger partial charge in [0.1, 0.15) is 23.7 Å². The number of benzene rings is 4. The Balaban J connectivity index is 0.952. The summed E-state index contributed by atoms with van der Waals surface area (Å²) in [6.07, 6.45) is 5.21. The molecule has 4 atom stereocenters. The highest BCUT2D eigenvalue weighted by atomic mass is 16.5. The third-order valence-electron chi connectivity index (χ3n) is 12.4. The van der Waals surface area contributed by atoms with Crippen molar-refractivity contribution in [2.75, 3.05) is 34.4 Å². The first-order valence-corrected chi connectivity index (χ1v) is 21.4. The summed E-state index contributed by atoms with van der Waals surface area (Å²) >= 11 is 0. The summed E-state index contributed by atoms with van der Waals surface area (Å²) in [5, 5.41) is 25.0. The van der Waals surface area contributed by atoms with Gasteiger partial charge in [-0.25, -0.2) is 19.6 Å². The molecule has 0 spiro atoms. The first-order chi connectivity index (χ1) is 30.8. The minimum absolute atomic E-state index is 0.118. The average Bonchev–Trinajstić information content (AvgIpc) is 4.16. The number of hydrogen-bond acceptors (Lipinski definition) is 10. The monoisotopic (exact) mass is 868 g/mol. The predicted molar refractivity (Wildman–Crippen MR) is 239 cm³/mol. The second-order valence-electron chi connectivity index (χ2n) is 16.7. The molecule has 5 N–H and O–H groups in total. The van der Waals surface area contributed by atoms with E-state index in [1.165, 1.54) is 44.4 Å². The fraction of sp³-hybridized carbons (Fsp3) is 0.333. The van der Waals surface area contributed by atoms with Gasteiger partial charge in [-0.3, -0.25) is 14.5 Å². The number of ether oxygens (including phenoxy) is 2. The van der Waals surface area contributed by atoms with Gasteiger partial charge >= 0.3 is 12.2 Å². The van der Waals surface area contributed by atoms with Crippen molar-refractivity contribution in [1.29, 1.82) is 0 Å². The van der Waals surface area contributed by atoms with Crippen LogP contribution in [-0.2, 0) is 19.1 Å². The van der Waals surface area contributed by atoms with Crippen molar-refractivity contribution in [1.82, 2.24) is 40.0 Å². The van der Waals surface area contributed by atoms with Crippen molar-refractivity contribution < 1.29 is 38.9 Å². The van der Waals surface area contributed by atoms with Crippen molar-refractivity contribution in [2.24, 2.45) is 5.92 Å². The van der Waals surface area contributed by atoms with Gasteiger partial charge in [0.25, 0.3) is 5.91 Å². The van der Waals surface area contributed by atoms with Crippen molar-refractivity contribution in [2.45, 2.75) is 63.7 Å². The van der Waals surface area contributed by atoms with Crippen LogP contribution in [0.1, 0.15) is 74.9 Å². The highest BCUT2D eigenvalue weighted by Gasteiger charge is 2.40. The number of methoxy groups -OCH3 is 2. The van der Waals surface area contributed by atoms with E-state index in [4.69, 9.17) is 19.4 Å². The lowest BCUT2D eigenvalue weighted by atomic mass is 9.98. The molecule has 4 amide bonds. The number of aromatic nitrogens is 4. The Morgan fingerprint density at radius 3 is 1.83 bits per heavy atom. The summed E-state index contributed by atoms with van der Waals surface area (Å²) in [5.41, 5.74) is 5.97. The smallest absolute Gasteiger partial charge is 0.410 e. The zero-order valence-electron chi connectivity index (χ0n) is 36.4. The molecule has 6 aromatic rings. The number of imidazole rings is 2. The van der Waals surface area contributed by atoms with Gasteiger partial charge in [-0.1, -0.05) is 68.4 Å². The number of alkyl carbamates (subject to hydrolysis) is 1. The molecule has 16 heteroatoms. The van der Waals surface area contributed by atoms with E-state index >= 15 is 0 Å². The van der Waals surface area contributed by atoms with Gasteiger partial charge in [0, 0.05) is 25.7 Å². The van der Waals surface area contributed by atoms with Crippen LogP contribution in [0, 0.1) is 5.92 Å². The van der Waals surface area contributed by atoms with Gasteiger partial charge in [-0.15, -0.1) is 0 Å². The third kappa shape index (κ3) is 8.55. The lowest BCUT2D eigenvalue weighted by molar-refractivity contribution is -0.137. The molecule has 2 aliphatic heterocycles. The van der Waals surface area contributed by atoms with Crippen molar-refractivity contribution in [3.63, 3.8) is 0 Å². The van der Waals surface area contributed by atoms with E-state index in [-0.39, 0.29) is 35.6 Å². The highest BCUT2D eigenvalue weighted by Crippen LogP contribution is 2.38. The van der Waals surface area contributed by atoms with Crippen LogP contribution in [0.2, 0.25) is 0 Å². The largest absolute Gasteiger partial charge is 0.504 e. The van der Waals surface area contributed by atoms with Crippen LogP contribution in [0.5, 0.6) is 11.5 Å². The van der Waals surface area contributed by atoms with Crippen molar-refractivity contribution in [3.05, 3.63) is 108 Å². The molecule has 1 unspecified atom stereocenters. The number of likely N-dealkylation sites (N-methyl/N-ethyl adjacent to an activating group) is 1. The van der Waals surface area contributed by atoms with Crippen LogP contribution in [0.3, 0.4) is 0 Å². The standard InChI is InChI=1S/C48H52N8O8/c1-27(2)41(53-47(61)63-4)45(59)55-20-6-8-37(55)43-50-26-36(52-43)33-17-16-31-22-30(14-15-32(31)23-33)28-10-12-29(13-11-28)35-25-49-44(51-35)38-9-7-21-56(38)46(60)42(54(3)48(62)64-5)34-18-19-39(57)40(58)24-34/h10-19,22-27,37-38,41-42,57-58H,6-9,20-21H2,1-5H3,(H,49,51)(H,50,52)(H,53,61)/t37-,38-,41-,42?/m0/s1. The Labute approximate surface area is 370 Å². The van der Waals surface area contributed by atoms with Gasteiger partial charge in [0.05, 0.1) is 50.1 Å². The first kappa shape index (κ1) is 43.3. The lowest BCUT2D eigenvalue weighted by Gasteiger charge is -2.32. The van der Waals surface area contributed by atoms with E-state index < -0.39 is 30.0 Å². The molecule has 4 aromatic carbocycles. The number of carbonyl (C=O) groups excluding carboxylic acids is 4. The van der Waals surface area contributed by atoms with Gasteiger partial charge in [-0.05, 0) is 88.9 Å². The Morgan fingerprint density at radius 2 is 1.25 bits per heavy atom. The fourth-order valence-corrected chi connectivity index (χ4v) is 8.90. The Morgan fingerprint density at radius 1 is 0.703 bits per heavy atom. The molecule has 2 aromatic heterocycles. The van der Waals surface area contributed by atoms with Crippen LogP contribution in [0.25, 0.3) is 44.4 Å². The van der Waals surface area contributed by atoms with Crippen molar-refractivity contribution >= 4 is 34.8 Å². The fourth-order valence-electron chi connectivity index (χ4n) is 8.90. The van der Waals surface area contributed by atoms with E-state index in [0.29, 0.717) is 36.7 Å². The molecule has 0 bridgehead atoms. The minimum Gasteiger partial charge on any atom is -0.504 e. The van der Waals surface area contributed by atoms with Gasteiger partial charge in [0.2, 0.25) is 5.91 Å². The van der Waals surface area contributed by atoms with Gasteiger partial charge in [-0.2, -0.15) is 0 Å². The molecule has 4 heterocycles. The van der Waals surface area contributed by atoms with Crippen LogP contribution in [-0.4, -0.2) is 109 Å². The van der Waals surface area contributed by atoms with E-state index in [1.807, 2.05) is 26.0 Å². The number of carbonyl (C=O) groups is 4. The summed E-state index contributed by atoms with van der Waals surface area (Å²) in [6, 6.07) is 22.5. The van der Waals surface area contributed by atoms with E-state index in [0.717, 1.165) is 63.7 Å². The van der Waals surface area contributed by atoms with Crippen LogP contribution in [0.15, 0.2) is 91.3 Å². The molecule has 64 heavy (non-hydrogen) atoms. The summed E-state index contributed by atoms with van der Waals surface area (Å²) in [5.74, 6) is -0.0289. The number of likely N-dealkylation sites (tertiary alicyclic amines) is 2. The molecule has 0 aliphatic carbocycles. The number of nitrogens with one attached hydrogen (secondary N) is 3. The summed E-state index contributed by atoms with van der Waals surface area (Å²) in [6.45, 7) is 4.82. The number of hydrogen-bond donors (Lipinski definition) is 5. The molecule has 2 saturated heterocycles. The van der Waals surface area contributed by atoms with E-state index in [2.05, 4.69) is 63.8 Å². The maximum atomic E-state index is 14.2. The Kier molecular flexibility index (Phi) is 12.3. The molecule has 2 fully saturated rings. The number of amides is 4. The minimum atomic E-state index is -1.11. The van der Waals surface area contributed by atoms with Gasteiger partial charge < -0.3 is 44.8 Å². The maximum Gasteiger partial charge on any atom is 0.410 e. The number of nitrogens with zero attached hydrogens (tertiary/aromatic N) is 5. The topological polar surface area (TPSA) is 206 Å². The highest BCUT2D eigenvalue weighted by molar-refractivity contribution is 5.91. The maximum absolute atomic E-state index is 14.2. The number of phenols is 2. The molecular weight excluding hydrogens is 817 g/mol. The first-order valence-electron chi connectivity index (χ1n) is 21.4. The normalized spacial score (nSPS) is 17.1. The van der Waals surface area contributed by atoms with E-state index in [1.54, 1.807) is 22.2 Å². The number of aromatic hydroxyl groups is 2. The van der Waals surface area contributed by atoms with Crippen LogP contribution in [0.4, 0.5) is 9.59 Å². The zero-order chi connectivity index (χ0) is 45.2. The number of H-pyrrole nitrogens is 2. The molecule has 332 valence electrons. The molecule has 2 aliphatic rings. The number of phenolic OH excluding ortho intramolecular Hbond substituents is 2. The zero-order valence-corrected chi connectivity index (χ0v) is 36.4. The second-order valence-corrected chi connectivity index (χ2v) is 16.7. The van der Waals surface area contributed by atoms with E-state index in [9.17, 15) is 29.4 Å². The third-order valence-corrected chi connectivity index (χ3v) is 12.4. The second kappa shape index (κ2) is 18.2. The SMILES string of the molecule is COC(=O)N[C@H](C(=O)N1CCC[C@H]1c1ncc(-c2ccc3cc(-c4ccc(-c5cnc([C@@H]6CCCN6C(=O)C(c6ccc(O)c(O)c6)N(C)C(=O)OC)[nH]5)cc4)ccc3c2)[nH]1)C(C)C. The Hall–Kier alpha value is -7.36. The number of rotatable bonds is 11. The molecule has 0 radical (unpaired) electrons. The average molecular weight is 869 g/mol. The molecule has 0 saturated carbocycles. The lowest BCUT2D eigenvalue weighted by Crippen LogP contribution is -2.51.